The number of halogens is 1. The van der Waals surface area contributed by atoms with Gasteiger partial charge in [0.2, 0.25) is 0 Å². The maximum Gasteiger partial charge on any atom is 0.125 e. The van der Waals surface area contributed by atoms with Gasteiger partial charge in [-0.25, -0.2) is 4.39 Å². The van der Waals surface area contributed by atoms with Crippen LogP contribution in [0.2, 0.25) is 0 Å². The normalized spacial score (nSPS) is 24.1. The number of fused-ring (bicyclic) bond motifs is 3. The van der Waals surface area contributed by atoms with Crippen molar-refractivity contribution in [1.82, 2.24) is 0 Å². The molecule has 3 heteroatoms. The van der Waals surface area contributed by atoms with E-state index in [-0.39, 0.29) is 5.82 Å². The molecule has 2 heterocycles. The maximum atomic E-state index is 13.0. The summed E-state index contributed by atoms with van der Waals surface area (Å²) in [5, 5.41) is 3.29. The lowest BCUT2D eigenvalue weighted by atomic mass is 10.1. The number of anilines is 2. The predicted octanol–water partition coefficient (Wildman–Crippen LogP) is 2.22. The summed E-state index contributed by atoms with van der Waals surface area (Å²) in [6, 6.07) is 5.63. The van der Waals surface area contributed by atoms with Crippen LogP contribution in [0.1, 0.15) is 12.8 Å². The molecule has 0 aliphatic carbocycles. The van der Waals surface area contributed by atoms with Crippen molar-refractivity contribution in [3.05, 3.63) is 24.0 Å². The minimum Gasteiger partial charge on any atom is -0.381 e. The van der Waals surface area contributed by atoms with Gasteiger partial charge in [0.15, 0.2) is 0 Å². The van der Waals surface area contributed by atoms with E-state index in [1.54, 1.807) is 12.1 Å². The van der Waals surface area contributed by atoms with Crippen molar-refractivity contribution in [2.75, 3.05) is 23.3 Å². The van der Waals surface area contributed by atoms with E-state index in [2.05, 4.69) is 10.2 Å². The first kappa shape index (κ1) is 8.09. The highest BCUT2D eigenvalue weighted by atomic mass is 19.1. The molecular formula is C11H13FN2. The summed E-state index contributed by atoms with van der Waals surface area (Å²) in [5.74, 6) is -0.158. The van der Waals surface area contributed by atoms with E-state index in [1.165, 1.54) is 18.5 Å². The van der Waals surface area contributed by atoms with E-state index in [4.69, 9.17) is 0 Å². The van der Waals surface area contributed by atoms with Crippen LogP contribution >= 0.6 is 0 Å². The van der Waals surface area contributed by atoms with Crippen molar-refractivity contribution in [3.63, 3.8) is 0 Å². The number of benzene rings is 1. The molecule has 74 valence electrons. The molecule has 1 N–H and O–H groups in total. The van der Waals surface area contributed by atoms with E-state index in [0.717, 1.165) is 18.8 Å². The minimum atomic E-state index is -0.158. The topological polar surface area (TPSA) is 15.3 Å². The van der Waals surface area contributed by atoms with Gasteiger partial charge in [-0.1, -0.05) is 0 Å². The summed E-state index contributed by atoms with van der Waals surface area (Å²) >= 11 is 0. The smallest absolute Gasteiger partial charge is 0.125 e. The molecule has 0 spiro atoms. The molecule has 0 aromatic heterocycles. The number of rotatable bonds is 0. The van der Waals surface area contributed by atoms with E-state index in [1.807, 2.05) is 6.07 Å². The van der Waals surface area contributed by atoms with Gasteiger partial charge in [-0.3, -0.25) is 0 Å². The molecule has 2 aliphatic heterocycles. The minimum absolute atomic E-state index is 0.158. The Bertz CT molecular complexity index is 364. The Balaban J connectivity index is 2.05. The van der Waals surface area contributed by atoms with Crippen molar-refractivity contribution in [2.24, 2.45) is 0 Å². The fraction of sp³-hybridized carbons (Fsp3) is 0.455. The van der Waals surface area contributed by atoms with E-state index in [0.29, 0.717) is 6.04 Å². The molecule has 0 saturated carbocycles. The lowest BCUT2D eigenvalue weighted by Crippen LogP contribution is -2.39. The molecule has 14 heavy (non-hydrogen) atoms. The Morgan fingerprint density at radius 3 is 3.29 bits per heavy atom. The highest BCUT2D eigenvalue weighted by molar-refractivity contribution is 5.73. The lowest BCUT2D eigenvalue weighted by molar-refractivity contribution is 0.624. The van der Waals surface area contributed by atoms with Gasteiger partial charge < -0.3 is 10.2 Å². The van der Waals surface area contributed by atoms with Crippen molar-refractivity contribution in [3.8, 4) is 0 Å². The van der Waals surface area contributed by atoms with Gasteiger partial charge in [-0.2, -0.15) is 0 Å². The van der Waals surface area contributed by atoms with Crippen LogP contribution in [-0.2, 0) is 0 Å². The molecular weight excluding hydrogens is 179 g/mol. The fourth-order valence-electron chi connectivity index (χ4n) is 2.49. The Morgan fingerprint density at radius 2 is 2.36 bits per heavy atom. The van der Waals surface area contributed by atoms with Gasteiger partial charge in [0.1, 0.15) is 5.82 Å². The number of nitrogens with zero attached hydrogens (tertiary/aromatic N) is 1. The molecule has 0 radical (unpaired) electrons. The summed E-state index contributed by atoms with van der Waals surface area (Å²) < 4.78 is 13.0. The van der Waals surface area contributed by atoms with Crippen LogP contribution in [0.15, 0.2) is 18.2 Å². The van der Waals surface area contributed by atoms with Gasteiger partial charge in [0, 0.05) is 19.1 Å². The van der Waals surface area contributed by atoms with Crippen molar-refractivity contribution in [2.45, 2.75) is 18.9 Å². The second-order valence-electron chi connectivity index (χ2n) is 4.03. The van der Waals surface area contributed by atoms with Gasteiger partial charge in [-0.05, 0) is 31.0 Å². The predicted molar refractivity (Wildman–Crippen MR) is 55.3 cm³/mol. The van der Waals surface area contributed by atoms with Gasteiger partial charge in [0.25, 0.3) is 0 Å². The molecule has 0 bridgehead atoms. The Morgan fingerprint density at radius 1 is 1.43 bits per heavy atom. The highest BCUT2D eigenvalue weighted by Gasteiger charge is 2.29. The molecule has 2 nitrogen and oxygen atoms in total. The molecule has 0 amide bonds. The standard InChI is InChI=1S/C11H13FN2/c12-8-3-4-11-10(6-8)13-7-9-2-1-5-14(9)11/h3-4,6,9,13H,1-2,5,7H2/t9-/m0/s1. The van der Waals surface area contributed by atoms with Crippen molar-refractivity contribution >= 4 is 11.4 Å². The van der Waals surface area contributed by atoms with Gasteiger partial charge in [0.05, 0.1) is 11.4 Å². The third-order valence-corrected chi connectivity index (χ3v) is 3.17. The summed E-state index contributed by atoms with van der Waals surface area (Å²) in [5.41, 5.74) is 2.11. The van der Waals surface area contributed by atoms with Crippen LogP contribution < -0.4 is 10.2 Å². The van der Waals surface area contributed by atoms with E-state index in [9.17, 15) is 4.39 Å². The average Bonchev–Trinajstić information content (AvgIpc) is 2.65. The first-order valence-corrected chi connectivity index (χ1v) is 5.15. The van der Waals surface area contributed by atoms with E-state index < -0.39 is 0 Å². The maximum absolute atomic E-state index is 13.0. The Labute approximate surface area is 82.7 Å². The zero-order chi connectivity index (χ0) is 9.54. The quantitative estimate of drug-likeness (QED) is 0.678. The van der Waals surface area contributed by atoms with Crippen LogP contribution in [0, 0.1) is 5.82 Å². The Kier molecular flexibility index (Phi) is 1.66. The summed E-state index contributed by atoms with van der Waals surface area (Å²) in [7, 11) is 0. The average molecular weight is 192 g/mol. The van der Waals surface area contributed by atoms with Crippen LogP contribution in [0.4, 0.5) is 15.8 Å². The zero-order valence-corrected chi connectivity index (χ0v) is 7.96. The fourth-order valence-corrected chi connectivity index (χ4v) is 2.49. The first-order chi connectivity index (χ1) is 6.84. The lowest BCUT2D eigenvalue weighted by Gasteiger charge is -2.34. The van der Waals surface area contributed by atoms with Crippen LogP contribution in [0.3, 0.4) is 0 Å². The third-order valence-electron chi connectivity index (χ3n) is 3.17. The number of nitrogens with one attached hydrogen (secondary N) is 1. The molecule has 1 atom stereocenters. The highest BCUT2D eigenvalue weighted by Crippen LogP contribution is 2.36. The second-order valence-corrected chi connectivity index (χ2v) is 4.03. The first-order valence-electron chi connectivity index (χ1n) is 5.15. The van der Waals surface area contributed by atoms with Crippen LogP contribution in [0.25, 0.3) is 0 Å². The molecule has 0 unspecified atom stereocenters. The molecule has 3 rings (SSSR count). The van der Waals surface area contributed by atoms with Gasteiger partial charge >= 0.3 is 0 Å². The summed E-state index contributed by atoms with van der Waals surface area (Å²) in [6.07, 6.45) is 2.51. The molecule has 1 fully saturated rings. The van der Waals surface area contributed by atoms with Crippen molar-refractivity contribution < 1.29 is 4.39 Å². The zero-order valence-electron chi connectivity index (χ0n) is 7.96. The number of hydrogen-bond donors (Lipinski definition) is 1. The third kappa shape index (κ3) is 1.08. The Hall–Kier alpha value is -1.25. The summed E-state index contributed by atoms with van der Waals surface area (Å²) in [4.78, 5) is 2.39. The molecule has 1 saturated heterocycles. The molecule has 1 aromatic carbocycles. The van der Waals surface area contributed by atoms with Gasteiger partial charge in [-0.15, -0.1) is 0 Å². The summed E-state index contributed by atoms with van der Waals surface area (Å²) in [6.45, 7) is 2.07. The number of hydrogen-bond acceptors (Lipinski definition) is 2. The molecule has 1 aromatic rings. The SMILES string of the molecule is Fc1ccc2c(c1)NC[C@@H]1CCCN21. The van der Waals surface area contributed by atoms with E-state index >= 15 is 0 Å². The monoisotopic (exact) mass is 192 g/mol. The van der Waals surface area contributed by atoms with Crippen LogP contribution in [0.5, 0.6) is 0 Å². The van der Waals surface area contributed by atoms with Crippen LogP contribution in [-0.4, -0.2) is 19.1 Å². The largest absolute Gasteiger partial charge is 0.381 e. The molecule has 2 aliphatic rings. The van der Waals surface area contributed by atoms with Crippen molar-refractivity contribution in [1.29, 1.82) is 0 Å². The second kappa shape index (κ2) is 2.87.